The van der Waals surface area contributed by atoms with Crippen molar-refractivity contribution in [3.63, 3.8) is 0 Å². The number of likely N-dealkylation sites (N-methyl/N-ethyl adjacent to an activating group) is 1. The van der Waals surface area contributed by atoms with Crippen molar-refractivity contribution in [2.75, 3.05) is 26.2 Å². The van der Waals surface area contributed by atoms with Crippen molar-refractivity contribution in [2.24, 2.45) is 5.73 Å². The maximum Gasteiger partial charge on any atom is 0.318 e. The van der Waals surface area contributed by atoms with Crippen LogP contribution in [0, 0.1) is 0 Å². The molecule has 4 N–H and O–H groups in total. The van der Waals surface area contributed by atoms with Gasteiger partial charge >= 0.3 is 6.03 Å². The predicted octanol–water partition coefficient (Wildman–Crippen LogP) is -0.745. The van der Waals surface area contributed by atoms with Gasteiger partial charge in [-0.05, 0) is 19.4 Å². The van der Waals surface area contributed by atoms with Gasteiger partial charge < -0.3 is 11.1 Å². The minimum Gasteiger partial charge on any atom is -0.351 e. The van der Waals surface area contributed by atoms with Crippen LogP contribution in [-0.2, 0) is 4.79 Å². The Labute approximate surface area is 95.5 Å². The Morgan fingerprint density at radius 3 is 2.62 bits per heavy atom. The highest BCUT2D eigenvalue weighted by Gasteiger charge is 2.26. The average Bonchev–Trinajstić information content (AvgIpc) is 3.00. The second-order valence-corrected chi connectivity index (χ2v) is 3.95. The summed E-state index contributed by atoms with van der Waals surface area (Å²) in [4.78, 5) is 23.8. The monoisotopic (exact) mass is 228 g/mol. The highest BCUT2D eigenvalue weighted by molar-refractivity contribution is 5.94. The second-order valence-electron chi connectivity index (χ2n) is 3.95. The Kier molecular flexibility index (Phi) is 5.21. The van der Waals surface area contributed by atoms with Crippen molar-refractivity contribution >= 4 is 11.9 Å². The number of hydrogen-bond donors (Lipinski definition) is 3. The zero-order valence-corrected chi connectivity index (χ0v) is 9.66. The summed E-state index contributed by atoms with van der Waals surface area (Å²) in [5.41, 5.74) is 4.81. The normalized spacial score (nSPS) is 15.1. The van der Waals surface area contributed by atoms with Crippen LogP contribution in [-0.4, -0.2) is 49.1 Å². The number of amides is 3. The predicted molar refractivity (Wildman–Crippen MR) is 60.9 cm³/mol. The van der Waals surface area contributed by atoms with Gasteiger partial charge in [0.15, 0.2) is 0 Å². The van der Waals surface area contributed by atoms with Crippen LogP contribution in [0.1, 0.15) is 19.8 Å². The lowest BCUT2D eigenvalue weighted by Crippen LogP contribution is -2.42. The second kappa shape index (κ2) is 6.44. The quantitative estimate of drug-likeness (QED) is 0.501. The van der Waals surface area contributed by atoms with Gasteiger partial charge in [0.2, 0.25) is 5.91 Å². The summed E-state index contributed by atoms with van der Waals surface area (Å²) in [5, 5.41) is 4.98. The molecular weight excluding hydrogens is 208 g/mol. The molecule has 1 fully saturated rings. The van der Waals surface area contributed by atoms with Gasteiger partial charge in [-0.3, -0.25) is 15.0 Å². The summed E-state index contributed by atoms with van der Waals surface area (Å²) in [6, 6.07) is -0.0637. The van der Waals surface area contributed by atoms with Gasteiger partial charge in [0, 0.05) is 19.1 Å². The van der Waals surface area contributed by atoms with Gasteiger partial charge in [0.25, 0.3) is 0 Å². The number of carbonyl (C=O) groups excluding carboxylic acids is 2. The Balaban J connectivity index is 2.02. The van der Waals surface area contributed by atoms with Gasteiger partial charge in [0.05, 0.1) is 6.54 Å². The van der Waals surface area contributed by atoms with E-state index < -0.39 is 6.03 Å². The van der Waals surface area contributed by atoms with Crippen molar-refractivity contribution in [3.8, 4) is 0 Å². The number of imide groups is 1. The van der Waals surface area contributed by atoms with Crippen LogP contribution < -0.4 is 16.4 Å². The van der Waals surface area contributed by atoms with E-state index in [1.807, 2.05) is 5.32 Å². The number of hydrogen-bond acceptors (Lipinski definition) is 4. The van der Waals surface area contributed by atoms with E-state index in [0.29, 0.717) is 0 Å². The largest absolute Gasteiger partial charge is 0.351 e. The van der Waals surface area contributed by atoms with Crippen LogP contribution in [0.5, 0.6) is 0 Å². The molecule has 3 amide bonds. The topological polar surface area (TPSA) is 87.5 Å². The Morgan fingerprint density at radius 2 is 2.12 bits per heavy atom. The molecule has 0 atom stereocenters. The zero-order valence-electron chi connectivity index (χ0n) is 9.66. The molecule has 0 unspecified atom stereocenters. The fraction of sp³-hybridized carbons (Fsp3) is 0.800. The fourth-order valence-electron chi connectivity index (χ4n) is 1.64. The Hall–Kier alpha value is -1.14. The summed E-state index contributed by atoms with van der Waals surface area (Å²) in [6.45, 7) is 4.99. The molecule has 0 aliphatic heterocycles. The van der Waals surface area contributed by atoms with E-state index in [2.05, 4.69) is 17.1 Å². The first kappa shape index (κ1) is 12.9. The van der Waals surface area contributed by atoms with E-state index in [0.717, 1.165) is 25.7 Å². The van der Waals surface area contributed by atoms with Crippen LogP contribution in [0.4, 0.5) is 4.79 Å². The summed E-state index contributed by atoms with van der Waals surface area (Å²) in [5.74, 6) is -0.387. The van der Waals surface area contributed by atoms with E-state index in [1.165, 1.54) is 12.8 Å². The first-order chi connectivity index (χ1) is 7.63. The summed E-state index contributed by atoms with van der Waals surface area (Å²) in [6.07, 6.45) is 2.58. The van der Waals surface area contributed by atoms with E-state index in [9.17, 15) is 9.59 Å². The molecule has 0 bridgehead atoms. The maximum absolute atomic E-state index is 11.0. The number of nitrogens with two attached hydrogens (primary N) is 1. The van der Waals surface area contributed by atoms with Gasteiger partial charge in [-0.15, -0.1) is 0 Å². The number of nitrogens with zero attached hydrogens (tertiary/aromatic N) is 1. The number of urea groups is 1. The maximum atomic E-state index is 11.0. The minimum absolute atomic E-state index is 0.130. The lowest BCUT2D eigenvalue weighted by molar-refractivity contribution is -0.119. The highest BCUT2D eigenvalue weighted by Crippen LogP contribution is 2.25. The number of rotatable bonds is 7. The molecule has 0 aromatic rings. The Morgan fingerprint density at radius 1 is 1.44 bits per heavy atom. The standard InChI is InChI=1S/C10H20N4O2/c1-2-14(8-3-4-8)6-5-12-7-9(15)13-10(11)16/h8,12H,2-7H2,1H3,(H3,11,13,15,16). The van der Waals surface area contributed by atoms with E-state index in [-0.39, 0.29) is 12.5 Å². The number of primary amides is 1. The van der Waals surface area contributed by atoms with Crippen LogP contribution in [0.2, 0.25) is 0 Å². The van der Waals surface area contributed by atoms with Crippen molar-refractivity contribution in [3.05, 3.63) is 0 Å². The summed E-state index contributed by atoms with van der Waals surface area (Å²) >= 11 is 0. The van der Waals surface area contributed by atoms with Crippen molar-refractivity contribution in [1.29, 1.82) is 0 Å². The average molecular weight is 228 g/mol. The summed E-state index contributed by atoms with van der Waals surface area (Å²) < 4.78 is 0. The number of carbonyl (C=O) groups is 2. The zero-order chi connectivity index (χ0) is 12.0. The van der Waals surface area contributed by atoms with Gasteiger partial charge in [-0.25, -0.2) is 4.79 Å². The third-order valence-corrected chi connectivity index (χ3v) is 2.59. The molecular formula is C10H20N4O2. The van der Waals surface area contributed by atoms with Gasteiger partial charge in [-0.2, -0.15) is 0 Å². The SMILES string of the molecule is CCN(CCNCC(=O)NC(N)=O)C1CC1. The van der Waals surface area contributed by atoms with Gasteiger partial charge in [-0.1, -0.05) is 6.92 Å². The molecule has 92 valence electrons. The smallest absolute Gasteiger partial charge is 0.318 e. The van der Waals surface area contributed by atoms with Crippen LogP contribution in [0.25, 0.3) is 0 Å². The highest BCUT2D eigenvalue weighted by atomic mass is 16.2. The molecule has 1 aliphatic rings. The third kappa shape index (κ3) is 5.09. The fourth-order valence-corrected chi connectivity index (χ4v) is 1.64. The van der Waals surface area contributed by atoms with Gasteiger partial charge in [0.1, 0.15) is 0 Å². The molecule has 1 saturated carbocycles. The van der Waals surface area contributed by atoms with Crippen LogP contribution in [0.3, 0.4) is 0 Å². The lowest BCUT2D eigenvalue weighted by Gasteiger charge is -2.19. The van der Waals surface area contributed by atoms with E-state index in [4.69, 9.17) is 5.73 Å². The molecule has 0 saturated heterocycles. The Bertz CT molecular complexity index is 253. The first-order valence-electron chi connectivity index (χ1n) is 5.67. The molecule has 6 nitrogen and oxygen atoms in total. The first-order valence-corrected chi connectivity index (χ1v) is 5.67. The molecule has 0 aromatic heterocycles. The third-order valence-electron chi connectivity index (χ3n) is 2.59. The van der Waals surface area contributed by atoms with E-state index in [1.54, 1.807) is 0 Å². The molecule has 1 rings (SSSR count). The molecule has 0 heterocycles. The van der Waals surface area contributed by atoms with Crippen molar-refractivity contribution in [2.45, 2.75) is 25.8 Å². The van der Waals surface area contributed by atoms with Crippen LogP contribution >= 0.6 is 0 Å². The number of nitrogens with one attached hydrogen (secondary N) is 2. The molecule has 0 aromatic carbocycles. The summed E-state index contributed by atoms with van der Waals surface area (Å²) in [7, 11) is 0. The van der Waals surface area contributed by atoms with Crippen molar-refractivity contribution in [1.82, 2.24) is 15.5 Å². The molecule has 16 heavy (non-hydrogen) atoms. The van der Waals surface area contributed by atoms with Crippen molar-refractivity contribution < 1.29 is 9.59 Å². The van der Waals surface area contributed by atoms with E-state index >= 15 is 0 Å². The molecule has 0 radical (unpaired) electrons. The lowest BCUT2D eigenvalue weighted by atomic mass is 10.4. The molecule has 1 aliphatic carbocycles. The van der Waals surface area contributed by atoms with Crippen LogP contribution in [0.15, 0.2) is 0 Å². The minimum atomic E-state index is -0.806. The molecule has 0 spiro atoms. The molecule has 6 heteroatoms.